The van der Waals surface area contributed by atoms with Gasteiger partial charge in [0.1, 0.15) is 17.2 Å². The van der Waals surface area contributed by atoms with Gasteiger partial charge in [0.2, 0.25) is 5.95 Å². The summed E-state index contributed by atoms with van der Waals surface area (Å²) in [7, 11) is 0. The molecule has 1 saturated heterocycles. The van der Waals surface area contributed by atoms with Crippen LogP contribution in [0.25, 0.3) is 11.4 Å². The molecular weight excluding hydrogens is 502 g/mol. The molecule has 0 spiro atoms. The lowest BCUT2D eigenvalue weighted by Crippen LogP contribution is -2.28. The minimum atomic E-state index is 0.0639. The highest BCUT2D eigenvalue weighted by Gasteiger charge is 2.35. The van der Waals surface area contributed by atoms with Gasteiger partial charge in [0.15, 0.2) is 0 Å². The minimum absolute atomic E-state index is 0.0639. The first kappa shape index (κ1) is 27.3. The number of allylic oxidation sites excluding steroid dienone is 2. The maximum Gasteiger partial charge on any atom is 0.225 e. The van der Waals surface area contributed by atoms with E-state index in [-0.39, 0.29) is 23.3 Å². The zero-order valence-electron chi connectivity index (χ0n) is 23.6. The highest BCUT2D eigenvalue weighted by atomic mass is 16.5. The number of hydrogen-bond acceptors (Lipinski definition) is 9. The van der Waals surface area contributed by atoms with Crippen LogP contribution in [-0.2, 0) is 0 Å². The Balaban J connectivity index is 1.33. The number of nitrogens with one attached hydrogen (secondary N) is 2. The Kier molecular flexibility index (Phi) is 7.82. The normalized spacial score (nSPS) is 19.1. The van der Waals surface area contributed by atoms with E-state index >= 15 is 0 Å². The molecule has 1 fully saturated rings. The van der Waals surface area contributed by atoms with Crippen LogP contribution in [0.4, 0.5) is 5.95 Å². The van der Waals surface area contributed by atoms with Crippen LogP contribution in [0.5, 0.6) is 5.75 Å². The third kappa shape index (κ3) is 5.41. The van der Waals surface area contributed by atoms with Gasteiger partial charge in [-0.15, -0.1) is 0 Å². The number of nitrogens with zero attached hydrogens (tertiary/aromatic N) is 5. The lowest BCUT2D eigenvalue weighted by atomic mass is 9.95. The van der Waals surface area contributed by atoms with Gasteiger partial charge >= 0.3 is 0 Å². The van der Waals surface area contributed by atoms with E-state index in [0.717, 1.165) is 49.6 Å². The monoisotopic (exact) mass is 539 g/mol. The van der Waals surface area contributed by atoms with Crippen molar-refractivity contribution in [3.05, 3.63) is 77.5 Å². The molecule has 3 aromatic rings. The average molecular weight is 540 g/mol. The number of para-hydroxylation sites is 1. The maximum atomic E-state index is 10.2. The molecule has 0 bridgehead atoms. The van der Waals surface area contributed by atoms with Gasteiger partial charge in [-0.2, -0.15) is 0 Å². The van der Waals surface area contributed by atoms with Crippen molar-refractivity contribution >= 4 is 17.4 Å². The van der Waals surface area contributed by atoms with Crippen molar-refractivity contribution in [3.8, 4) is 17.1 Å². The number of rotatable bonds is 9. The Morgan fingerprint density at radius 1 is 1.20 bits per heavy atom. The Labute approximate surface area is 235 Å². The van der Waals surface area contributed by atoms with Crippen LogP contribution in [0.15, 0.2) is 70.7 Å². The predicted octanol–water partition coefficient (Wildman–Crippen LogP) is 6.00. The SMILES string of the molecule is CCCN1C(C2CCN(c3nccc(-c4cc(C(C)C(C)C)on4)n3)C2)=CC(=N)/C1=C\C(=N)c1ccccc1O. The van der Waals surface area contributed by atoms with E-state index in [1.807, 2.05) is 18.2 Å². The Morgan fingerprint density at radius 2 is 2.00 bits per heavy atom. The summed E-state index contributed by atoms with van der Waals surface area (Å²) >= 11 is 0. The van der Waals surface area contributed by atoms with Crippen molar-refractivity contribution in [2.45, 2.75) is 46.5 Å². The van der Waals surface area contributed by atoms with E-state index < -0.39 is 0 Å². The summed E-state index contributed by atoms with van der Waals surface area (Å²) in [5, 5.41) is 31.8. The van der Waals surface area contributed by atoms with Crippen LogP contribution in [0.2, 0.25) is 0 Å². The first-order valence-electron chi connectivity index (χ1n) is 14.0. The molecular formula is C31H37N7O2. The Bertz CT molecular complexity index is 1470. The fourth-order valence-corrected chi connectivity index (χ4v) is 5.25. The van der Waals surface area contributed by atoms with Gasteiger partial charge in [-0.05, 0) is 49.1 Å². The molecule has 2 aromatic heterocycles. The van der Waals surface area contributed by atoms with Gasteiger partial charge in [-0.25, -0.2) is 9.97 Å². The molecule has 9 nitrogen and oxygen atoms in total. The van der Waals surface area contributed by atoms with Gasteiger partial charge in [-0.1, -0.05) is 45.0 Å². The highest BCUT2D eigenvalue weighted by molar-refractivity contribution is 6.16. The molecule has 2 atom stereocenters. The van der Waals surface area contributed by atoms with Crippen LogP contribution in [0.3, 0.4) is 0 Å². The van der Waals surface area contributed by atoms with Crippen molar-refractivity contribution in [1.29, 1.82) is 10.8 Å². The maximum absolute atomic E-state index is 10.2. The van der Waals surface area contributed by atoms with E-state index in [9.17, 15) is 5.11 Å². The Morgan fingerprint density at radius 3 is 2.75 bits per heavy atom. The number of anilines is 1. The molecule has 0 amide bonds. The molecule has 0 radical (unpaired) electrons. The summed E-state index contributed by atoms with van der Waals surface area (Å²) in [5.74, 6) is 2.51. The van der Waals surface area contributed by atoms with E-state index in [4.69, 9.17) is 20.3 Å². The molecule has 3 N–H and O–H groups in total. The highest BCUT2D eigenvalue weighted by Crippen LogP contribution is 2.36. The third-order valence-corrected chi connectivity index (χ3v) is 7.86. The molecule has 2 unspecified atom stereocenters. The second-order valence-electron chi connectivity index (χ2n) is 10.9. The number of benzene rings is 1. The summed E-state index contributed by atoms with van der Waals surface area (Å²) < 4.78 is 5.62. The van der Waals surface area contributed by atoms with Crippen LogP contribution >= 0.6 is 0 Å². The molecule has 9 heteroatoms. The lowest BCUT2D eigenvalue weighted by molar-refractivity contribution is 0.340. The molecule has 4 heterocycles. The minimum Gasteiger partial charge on any atom is -0.507 e. The van der Waals surface area contributed by atoms with Gasteiger partial charge in [0.05, 0.1) is 22.8 Å². The Hall–Kier alpha value is -4.27. The summed E-state index contributed by atoms with van der Waals surface area (Å²) in [6.45, 7) is 10.9. The van der Waals surface area contributed by atoms with E-state index in [1.54, 1.807) is 36.5 Å². The fraction of sp³-hybridized carbons (Fsp3) is 0.387. The fourth-order valence-electron chi connectivity index (χ4n) is 5.25. The summed E-state index contributed by atoms with van der Waals surface area (Å²) in [6, 6.07) is 10.7. The number of aromatic hydroxyl groups is 1. The van der Waals surface area contributed by atoms with E-state index in [2.05, 4.69) is 47.6 Å². The summed E-state index contributed by atoms with van der Waals surface area (Å²) in [4.78, 5) is 13.7. The van der Waals surface area contributed by atoms with Crippen LogP contribution in [-0.4, -0.2) is 56.2 Å². The standard InChI is InChI=1S/C31H37N7O2/c1-5-13-38-27(16-24(33)28(38)15-23(32)22-8-6-7-9-29(22)39)21-11-14-37(18-21)31-34-12-10-25(35-31)26-17-30(40-36-26)20(4)19(2)3/h6-10,12,15-17,19-21,32-33,39H,5,11,13-14,18H2,1-4H3/b28-15+,32-23?,33-24?. The number of phenols is 1. The second kappa shape index (κ2) is 11.5. The molecule has 1 aromatic carbocycles. The zero-order chi connectivity index (χ0) is 28.4. The largest absolute Gasteiger partial charge is 0.507 e. The van der Waals surface area contributed by atoms with Crippen molar-refractivity contribution in [3.63, 3.8) is 0 Å². The summed E-state index contributed by atoms with van der Waals surface area (Å²) in [5.41, 5.74) is 4.26. The summed E-state index contributed by atoms with van der Waals surface area (Å²) in [6.07, 6.45) is 7.21. The number of phenolic OH excluding ortho intramolecular Hbond substituents is 1. The first-order chi connectivity index (χ1) is 19.3. The molecule has 2 aliphatic rings. The molecule has 5 rings (SSSR count). The molecule has 2 aliphatic heterocycles. The van der Waals surface area contributed by atoms with Crippen molar-refractivity contribution in [1.82, 2.24) is 20.0 Å². The van der Waals surface area contributed by atoms with Crippen molar-refractivity contribution < 1.29 is 9.63 Å². The second-order valence-corrected chi connectivity index (χ2v) is 10.9. The van der Waals surface area contributed by atoms with E-state index in [0.29, 0.717) is 34.5 Å². The number of aromatic nitrogens is 3. The van der Waals surface area contributed by atoms with Crippen LogP contribution in [0, 0.1) is 22.7 Å². The van der Waals surface area contributed by atoms with E-state index in [1.165, 1.54) is 0 Å². The van der Waals surface area contributed by atoms with Crippen molar-refractivity contribution in [2.24, 2.45) is 11.8 Å². The van der Waals surface area contributed by atoms with Crippen molar-refractivity contribution in [2.75, 3.05) is 24.5 Å². The van der Waals surface area contributed by atoms with Crippen LogP contribution < -0.4 is 4.90 Å². The quantitative estimate of drug-likeness (QED) is 0.285. The molecule has 0 saturated carbocycles. The van der Waals surface area contributed by atoms with Gasteiger partial charge < -0.3 is 24.8 Å². The molecule has 208 valence electrons. The van der Waals surface area contributed by atoms with Gasteiger partial charge in [0, 0.05) is 55.0 Å². The van der Waals surface area contributed by atoms with Gasteiger partial charge in [-0.3, -0.25) is 5.41 Å². The zero-order valence-corrected chi connectivity index (χ0v) is 23.6. The molecule has 40 heavy (non-hydrogen) atoms. The van der Waals surface area contributed by atoms with Gasteiger partial charge in [0.25, 0.3) is 0 Å². The topological polar surface area (TPSA) is 126 Å². The lowest BCUT2D eigenvalue weighted by Gasteiger charge is -2.27. The third-order valence-electron chi connectivity index (χ3n) is 7.86. The average Bonchev–Trinajstić information content (AvgIpc) is 3.69. The predicted molar refractivity (Wildman–Crippen MR) is 157 cm³/mol. The first-order valence-corrected chi connectivity index (χ1v) is 14.0. The molecule has 0 aliphatic carbocycles. The smallest absolute Gasteiger partial charge is 0.225 e. The van der Waals surface area contributed by atoms with Crippen LogP contribution in [0.1, 0.15) is 57.8 Å². The number of hydrogen-bond donors (Lipinski definition) is 3.